The smallest absolute Gasteiger partial charge is 0.307 e. The molecule has 0 aromatic heterocycles. The molecule has 2 rings (SSSR count). The number of hydrogen-bond donors (Lipinski definition) is 1. The van der Waals surface area contributed by atoms with Gasteiger partial charge in [-0.1, -0.05) is 6.07 Å². The van der Waals surface area contributed by atoms with Crippen molar-refractivity contribution in [3.05, 3.63) is 29.3 Å². The van der Waals surface area contributed by atoms with E-state index >= 15 is 0 Å². The Bertz CT molecular complexity index is 609. The van der Waals surface area contributed by atoms with Crippen LogP contribution in [0.25, 0.3) is 0 Å². The summed E-state index contributed by atoms with van der Waals surface area (Å²) >= 11 is 0. The van der Waals surface area contributed by atoms with E-state index in [9.17, 15) is 13.2 Å². The topological polar surface area (TPSA) is 74.7 Å². The lowest BCUT2D eigenvalue weighted by Gasteiger charge is -2.16. The van der Waals surface area contributed by atoms with Crippen LogP contribution in [0.2, 0.25) is 0 Å². The maximum absolute atomic E-state index is 12.4. The zero-order valence-corrected chi connectivity index (χ0v) is 11.8. The van der Waals surface area contributed by atoms with E-state index in [2.05, 4.69) is 0 Å². The van der Waals surface area contributed by atoms with E-state index < -0.39 is 21.9 Å². The van der Waals surface area contributed by atoms with Crippen LogP contribution in [0.5, 0.6) is 0 Å². The Morgan fingerprint density at radius 2 is 2.00 bits per heavy atom. The highest BCUT2D eigenvalue weighted by atomic mass is 32.2. The molecule has 0 bridgehead atoms. The standard InChI is InChI=1S/C13H17NO4S/c1-9-3-4-12(7-10(9)2)19(17,18)14-6-5-11(8-14)13(15)16/h3-4,7,11H,5-6,8H2,1-2H3,(H,15,16). The molecule has 0 amide bonds. The van der Waals surface area contributed by atoms with Gasteiger partial charge in [-0.15, -0.1) is 0 Å². The largest absolute Gasteiger partial charge is 0.481 e. The van der Waals surface area contributed by atoms with Crippen molar-refractivity contribution in [1.82, 2.24) is 4.31 Å². The van der Waals surface area contributed by atoms with E-state index in [1.807, 2.05) is 13.8 Å². The van der Waals surface area contributed by atoms with E-state index in [1.165, 1.54) is 4.31 Å². The Morgan fingerprint density at radius 3 is 2.53 bits per heavy atom. The zero-order chi connectivity index (χ0) is 14.2. The summed E-state index contributed by atoms with van der Waals surface area (Å²) in [4.78, 5) is 11.1. The Labute approximate surface area is 112 Å². The third-order valence-electron chi connectivity index (χ3n) is 3.62. The van der Waals surface area contributed by atoms with Crippen molar-refractivity contribution >= 4 is 16.0 Å². The van der Waals surface area contributed by atoms with E-state index in [0.29, 0.717) is 6.42 Å². The Hall–Kier alpha value is -1.40. The maximum atomic E-state index is 12.4. The van der Waals surface area contributed by atoms with Crippen LogP contribution in [0.4, 0.5) is 0 Å². The van der Waals surface area contributed by atoms with Gasteiger partial charge in [-0.3, -0.25) is 4.79 Å². The molecule has 1 N–H and O–H groups in total. The predicted molar refractivity (Wildman–Crippen MR) is 70.4 cm³/mol. The second-order valence-electron chi connectivity index (χ2n) is 4.93. The number of nitrogens with zero attached hydrogens (tertiary/aromatic N) is 1. The van der Waals surface area contributed by atoms with Crippen LogP contribution in [0, 0.1) is 19.8 Å². The number of aryl methyl sites for hydroxylation is 2. The van der Waals surface area contributed by atoms with E-state index in [4.69, 9.17) is 5.11 Å². The molecule has 1 unspecified atom stereocenters. The van der Waals surface area contributed by atoms with Crippen LogP contribution in [0.15, 0.2) is 23.1 Å². The average Bonchev–Trinajstić information content (AvgIpc) is 2.82. The van der Waals surface area contributed by atoms with Gasteiger partial charge in [0.1, 0.15) is 0 Å². The molecule has 0 aliphatic carbocycles. The van der Waals surface area contributed by atoms with E-state index in [1.54, 1.807) is 18.2 Å². The Balaban J connectivity index is 2.28. The number of sulfonamides is 1. The summed E-state index contributed by atoms with van der Waals surface area (Å²) in [5.41, 5.74) is 1.94. The fourth-order valence-electron chi connectivity index (χ4n) is 2.17. The van der Waals surface area contributed by atoms with Crippen molar-refractivity contribution < 1.29 is 18.3 Å². The second-order valence-corrected chi connectivity index (χ2v) is 6.87. The van der Waals surface area contributed by atoms with Crippen LogP contribution >= 0.6 is 0 Å². The number of carboxylic acids is 1. The molecule has 6 heteroatoms. The summed E-state index contributed by atoms with van der Waals surface area (Å²) in [6.45, 7) is 4.11. The van der Waals surface area contributed by atoms with Gasteiger partial charge in [0.05, 0.1) is 10.8 Å². The molecule has 19 heavy (non-hydrogen) atoms. The molecule has 1 aromatic rings. The first-order chi connectivity index (χ1) is 8.82. The van der Waals surface area contributed by atoms with Crippen LogP contribution in [-0.4, -0.2) is 36.9 Å². The first-order valence-corrected chi connectivity index (χ1v) is 7.56. The van der Waals surface area contributed by atoms with Crippen molar-refractivity contribution in [3.63, 3.8) is 0 Å². The molecule has 1 saturated heterocycles. The fourth-order valence-corrected chi connectivity index (χ4v) is 3.76. The van der Waals surface area contributed by atoms with Crippen molar-refractivity contribution in [2.45, 2.75) is 25.2 Å². The van der Waals surface area contributed by atoms with E-state index in [0.717, 1.165) is 11.1 Å². The van der Waals surface area contributed by atoms with Crippen LogP contribution < -0.4 is 0 Å². The van der Waals surface area contributed by atoms with Crippen LogP contribution in [0.1, 0.15) is 17.5 Å². The second kappa shape index (κ2) is 4.94. The molecule has 1 fully saturated rings. The minimum absolute atomic E-state index is 0.0601. The quantitative estimate of drug-likeness (QED) is 0.910. The van der Waals surface area contributed by atoms with Gasteiger partial charge in [0.2, 0.25) is 10.0 Å². The number of carbonyl (C=O) groups is 1. The number of benzene rings is 1. The van der Waals surface area contributed by atoms with Crippen molar-refractivity contribution in [3.8, 4) is 0 Å². The van der Waals surface area contributed by atoms with Crippen molar-refractivity contribution in [2.75, 3.05) is 13.1 Å². The van der Waals surface area contributed by atoms with E-state index in [-0.39, 0.29) is 18.0 Å². The van der Waals surface area contributed by atoms with Crippen LogP contribution in [0.3, 0.4) is 0 Å². The molecule has 1 aliphatic rings. The van der Waals surface area contributed by atoms with Gasteiger partial charge in [-0.2, -0.15) is 4.31 Å². The number of aliphatic carboxylic acids is 1. The minimum atomic E-state index is -3.57. The van der Waals surface area contributed by atoms with Gasteiger partial charge in [-0.05, 0) is 43.5 Å². The van der Waals surface area contributed by atoms with Gasteiger partial charge in [0.25, 0.3) is 0 Å². The molecular weight excluding hydrogens is 266 g/mol. The van der Waals surface area contributed by atoms with Crippen molar-refractivity contribution in [2.24, 2.45) is 5.92 Å². The van der Waals surface area contributed by atoms with Gasteiger partial charge in [0.15, 0.2) is 0 Å². The number of rotatable bonds is 3. The van der Waals surface area contributed by atoms with Gasteiger partial charge >= 0.3 is 5.97 Å². The lowest BCUT2D eigenvalue weighted by Crippen LogP contribution is -2.30. The summed E-state index contributed by atoms with van der Waals surface area (Å²) in [5, 5.41) is 8.93. The van der Waals surface area contributed by atoms with Gasteiger partial charge < -0.3 is 5.11 Å². The molecule has 104 valence electrons. The molecule has 1 aromatic carbocycles. The Kier molecular flexibility index (Phi) is 3.64. The first-order valence-electron chi connectivity index (χ1n) is 6.12. The summed E-state index contributed by atoms with van der Waals surface area (Å²) in [7, 11) is -3.57. The van der Waals surface area contributed by atoms with Crippen molar-refractivity contribution in [1.29, 1.82) is 0 Å². The average molecular weight is 283 g/mol. The monoisotopic (exact) mass is 283 g/mol. The predicted octanol–water partition coefficient (Wildman–Crippen LogP) is 1.40. The summed E-state index contributed by atoms with van der Waals surface area (Å²) in [6, 6.07) is 4.98. The summed E-state index contributed by atoms with van der Waals surface area (Å²) < 4.78 is 26.1. The van der Waals surface area contributed by atoms with Crippen LogP contribution in [-0.2, 0) is 14.8 Å². The number of hydrogen-bond acceptors (Lipinski definition) is 3. The Morgan fingerprint density at radius 1 is 1.32 bits per heavy atom. The zero-order valence-electron chi connectivity index (χ0n) is 11.0. The minimum Gasteiger partial charge on any atom is -0.481 e. The third kappa shape index (κ3) is 2.64. The lowest BCUT2D eigenvalue weighted by molar-refractivity contribution is -0.141. The summed E-state index contributed by atoms with van der Waals surface area (Å²) in [6.07, 6.45) is 0.374. The molecule has 1 aliphatic heterocycles. The lowest BCUT2D eigenvalue weighted by atomic mass is 10.1. The highest BCUT2D eigenvalue weighted by molar-refractivity contribution is 7.89. The molecule has 1 heterocycles. The van der Waals surface area contributed by atoms with Gasteiger partial charge in [-0.25, -0.2) is 8.42 Å². The molecule has 5 nitrogen and oxygen atoms in total. The molecule has 0 radical (unpaired) electrons. The highest BCUT2D eigenvalue weighted by Crippen LogP contribution is 2.25. The maximum Gasteiger partial charge on any atom is 0.307 e. The third-order valence-corrected chi connectivity index (χ3v) is 5.48. The normalized spacial score (nSPS) is 20.6. The molecule has 0 spiro atoms. The SMILES string of the molecule is Cc1ccc(S(=O)(=O)N2CCC(C(=O)O)C2)cc1C. The van der Waals surface area contributed by atoms with Gasteiger partial charge in [0, 0.05) is 13.1 Å². The number of carboxylic acid groups (broad SMARTS) is 1. The highest BCUT2D eigenvalue weighted by Gasteiger charge is 2.35. The molecule has 0 saturated carbocycles. The molecule has 1 atom stereocenters. The molecular formula is C13H17NO4S. The summed E-state index contributed by atoms with van der Waals surface area (Å²) in [5.74, 6) is -1.53. The fraction of sp³-hybridized carbons (Fsp3) is 0.462. The first kappa shape index (κ1) is 14.0.